The van der Waals surface area contributed by atoms with E-state index in [1.54, 1.807) is 0 Å². The Morgan fingerprint density at radius 2 is 2.14 bits per heavy atom. The quantitative estimate of drug-likeness (QED) is 0.800. The maximum absolute atomic E-state index is 7.81. The summed E-state index contributed by atoms with van der Waals surface area (Å²) in [6.07, 6.45) is 2.63. The summed E-state index contributed by atoms with van der Waals surface area (Å²) in [5.74, 6) is 0.791. The molecule has 1 heterocycles. The van der Waals surface area contributed by atoms with Crippen molar-refractivity contribution in [1.82, 2.24) is 9.78 Å². The molecule has 1 N–H and O–H groups in total. The van der Waals surface area contributed by atoms with Crippen LogP contribution in [0.3, 0.4) is 0 Å². The van der Waals surface area contributed by atoms with Gasteiger partial charge in [0.25, 0.3) is 0 Å². The molecule has 0 bridgehead atoms. The van der Waals surface area contributed by atoms with Crippen molar-refractivity contribution in [2.45, 2.75) is 45.6 Å². The predicted molar refractivity (Wildman–Crippen MR) is 57.4 cm³/mol. The molecule has 1 aromatic heterocycles. The lowest BCUT2D eigenvalue weighted by atomic mass is 9.98. The van der Waals surface area contributed by atoms with Crippen molar-refractivity contribution in [2.24, 2.45) is 5.92 Å². The first-order chi connectivity index (χ1) is 6.47. The van der Waals surface area contributed by atoms with Gasteiger partial charge in [-0.05, 0) is 18.8 Å². The van der Waals surface area contributed by atoms with Gasteiger partial charge in [0.2, 0.25) is 0 Å². The molecule has 1 fully saturated rings. The molecule has 1 aromatic rings. The van der Waals surface area contributed by atoms with Crippen LogP contribution in [-0.4, -0.2) is 9.78 Å². The first kappa shape index (κ1) is 9.90. The van der Waals surface area contributed by atoms with Crippen LogP contribution in [0.15, 0.2) is 0 Å². The van der Waals surface area contributed by atoms with E-state index in [0.29, 0.717) is 4.80 Å². The smallest absolute Gasteiger partial charge is 0.200 e. The van der Waals surface area contributed by atoms with E-state index in [0.717, 1.165) is 17.5 Å². The Morgan fingerprint density at radius 1 is 1.50 bits per heavy atom. The van der Waals surface area contributed by atoms with Gasteiger partial charge >= 0.3 is 0 Å². The molecule has 14 heavy (non-hydrogen) atoms. The molecule has 0 amide bonds. The lowest BCUT2D eigenvalue weighted by Crippen LogP contribution is -2.17. The maximum Gasteiger partial charge on any atom is 0.200 e. The van der Waals surface area contributed by atoms with Gasteiger partial charge in [-0.3, -0.25) is 5.41 Å². The lowest BCUT2D eigenvalue weighted by molar-refractivity contribution is 0.502. The molecule has 0 saturated heterocycles. The lowest BCUT2D eigenvalue weighted by Gasteiger charge is -2.12. The Labute approximate surface area is 88.3 Å². The van der Waals surface area contributed by atoms with Gasteiger partial charge in [0.1, 0.15) is 5.01 Å². The minimum Gasteiger partial charge on any atom is -0.274 e. The molecule has 1 aliphatic carbocycles. The van der Waals surface area contributed by atoms with Crippen LogP contribution in [-0.2, 0) is 12.0 Å². The molecule has 3 nitrogen and oxygen atoms in total. The highest BCUT2D eigenvalue weighted by atomic mass is 32.1. The Hall–Kier alpha value is -0.640. The molecule has 78 valence electrons. The average Bonchev–Trinajstić information content (AvgIpc) is 2.76. The van der Waals surface area contributed by atoms with Crippen LogP contribution in [0.2, 0.25) is 0 Å². The Bertz CT molecular complexity index is 379. The summed E-state index contributed by atoms with van der Waals surface area (Å²) >= 11 is 1.51. The van der Waals surface area contributed by atoms with E-state index in [1.807, 2.05) is 4.68 Å². The van der Waals surface area contributed by atoms with Gasteiger partial charge in [0, 0.05) is 12.0 Å². The molecule has 0 spiro atoms. The third kappa shape index (κ3) is 2.05. The fourth-order valence-corrected chi connectivity index (χ4v) is 2.14. The van der Waals surface area contributed by atoms with Crippen molar-refractivity contribution >= 4 is 11.3 Å². The zero-order valence-corrected chi connectivity index (χ0v) is 9.82. The number of aromatic nitrogens is 2. The Balaban J connectivity index is 2.24. The topological polar surface area (TPSA) is 41.7 Å². The number of hydrogen-bond donors (Lipinski definition) is 1. The molecule has 0 unspecified atom stereocenters. The van der Waals surface area contributed by atoms with E-state index >= 15 is 0 Å². The summed E-state index contributed by atoms with van der Waals surface area (Å²) in [4.78, 5) is 0.599. The summed E-state index contributed by atoms with van der Waals surface area (Å²) in [6.45, 7) is 7.39. The highest BCUT2D eigenvalue weighted by Crippen LogP contribution is 2.30. The van der Waals surface area contributed by atoms with Crippen LogP contribution in [0.25, 0.3) is 0 Å². The van der Waals surface area contributed by atoms with Crippen molar-refractivity contribution in [3.8, 4) is 0 Å². The summed E-state index contributed by atoms with van der Waals surface area (Å²) in [5.41, 5.74) is 0.0786. The van der Waals surface area contributed by atoms with Crippen LogP contribution in [0.1, 0.15) is 38.6 Å². The first-order valence-electron chi connectivity index (χ1n) is 5.10. The molecule has 0 atom stereocenters. The van der Waals surface area contributed by atoms with Gasteiger partial charge < -0.3 is 0 Å². The number of rotatable bonds is 2. The van der Waals surface area contributed by atoms with Crippen LogP contribution in [0, 0.1) is 11.3 Å². The number of hydrogen-bond acceptors (Lipinski definition) is 3. The number of nitrogens with one attached hydrogen (secondary N) is 1. The standard InChI is InChI=1S/C10H17N3S/c1-10(2,3)8-12-13(9(11)14-8)6-7-4-5-7/h7,11H,4-6H2,1-3H3. The van der Waals surface area contributed by atoms with E-state index in [4.69, 9.17) is 5.41 Å². The van der Waals surface area contributed by atoms with E-state index in [1.165, 1.54) is 24.2 Å². The Morgan fingerprint density at radius 3 is 2.57 bits per heavy atom. The van der Waals surface area contributed by atoms with Gasteiger partial charge in [-0.15, -0.1) is 0 Å². The van der Waals surface area contributed by atoms with Crippen molar-refractivity contribution in [3.05, 3.63) is 9.81 Å². The van der Waals surface area contributed by atoms with Gasteiger partial charge in [0.05, 0.1) is 0 Å². The summed E-state index contributed by atoms with van der Waals surface area (Å²) < 4.78 is 1.86. The third-order valence-corrected chi connectivity index (χ3v) is 3.70. The van der Waals surface area contributed by atoms with Crippen molar-refractivity contribution in [3.63, 3.8) is 0 Å². The molecular weight excluding hydrogens is 194 g/mol. The largest absolute Gasteiger partial charge is 0.274 e. The molecule has 1 saturated carbocycles. The molecule has 1 aliphatic rings. The number of nitrogens with zero attached hydrogens (tertiary/aromatic N) is 2. The second-order valence-corrected chi connectivity index (χ2v) is 6.07. The zero-order valence-electron chi connectivity index (χ0n) is 9.00. The maximum atomic E-state index is 7.81. The van der Waals surface area contributed by atoms with Crippen molar-refractivity contribution in [1.29, 1.82) is 5.41 Å². The van der Waals surface area contributed by atoms with Gasteiger partial charge in [0.15, 0.2) is 4.80 Å². The summed E-state index contributed by atoms with van der Waals surface area (Å²) in [5, 5.41) is 13.4. The second kappa shape index (κ2) is 3.19. The minimum atomic E-state index is 0.0786. The Kier molecular flexibility index (Phi) is 2.26. The minimum absolute atomic E-state index is 0.0786. The first-order valence-corrected chi connectivity index (χ1v) is 5.91. The van der Waals surface area contributed by atoms with Crippen molar-refractivity contribution in [2.75, 3.05) is 0 Å². The monoisotopic (exact) mass is 211 g/mol. The molecule has 0 aliphatic heterocycles. The van der Waals surface area contributed by atoms with Crippen LogP contribution < -0.4 is 4.80 Å². The van der Waals surface area contributed by atoms with Gasteiger partial charge in [-0.1, -0.05) is 32.1 Å². The van der Waals surface area contributed by atoms with E-state index in [-0.39, 0.29) is 5.41 Å². The van der Waals surface area contributed by atoms with E-state index in [2.05, 4.69) is 25.9 Å². The van der Waals surface area contributed by atoms with E-state index in [9.17, 15) is 0 Å². The fourth-order valence-electron chi connectivity index (χ4n) is 1.29. The molecule has 4 heteroatoms. The highest BCUT2D eigenvalue weighted by molar-refractivity contribution is 7.08. The molecule has 0 radical (unpaired) electrons. The summed E-state index contributed by atoms with van der Waals surface area (Å²) in [6, 6.07) is 0. The molecule has 0 aromatic carbocycles. The van der Waals surface area contributed by atoms with Crippen LogP contribution in [0.4, 0.5) is 0 Å². The fraction of sp³-hybridized carbons (Fsp3) is 0.800. The van der Waals surface area contributed by atoms with Gasteiger partial charge in [-0.25, -0.2) is 4.68 Å². The van der Waals surface area contributed by atoms with Crippen LogP contribution >= 0.6 is 11.3 Å². The highest BCUT2D eigenvalue weighted by Gasteiger charge is 2.25. The zero-order chi connectivity index (χ0) is 10.3. The molecular formula is C10H17N3S. The third-order valence-electron chi connectivity index (χ3n) is 2.41. The molecule has 2 rings (SSSR count). The predicted octanol–water partition coefficient (Wildman–Crippen LogP) is 2.13. The SMILES string of the molecule is CC(C)(C)c1nn(CC2CC2)c(=N)s1. The van der Waals surface area contributed by atoms with Crippen molar-refractivity contribution < 1.29 is 0 Å². The normalized spacial score (nSPS) is 17.4. The van der Waals surface area contributed by atoms with Crippen LogP contribution in [0.5, 0.6) is 0 Å². The van der Waals surface area contributed by atoms with Gasteiger partial charge in [-0.2, -0.15) is 5.10 Å². The van der Waals surface area contributed by atoms with E-state index < -0.39 is 0 Å². The summed E-state index contributed by atoms with van der Waals surface area (Å²) in [7, 11) is 0. The average molecular weight is 211 g/mol. The second-order valence-electron chi connectivity index (χ2n) is 5.09.